The van der Waals surface area contributed by atoms with Crippen molar-refractivity contribution >= 4 is 75.3 Å². The first-order valence-corrected chi connectivity index (χ1v) is 17.8. The number of fused-ring (bicyclic) bond motifs is 9. The van der Waals surface area contributed by atoms with E-state index in [1.807, 2.05) is 36.4 Å². The molecule has 0 aliphatic carbocycles. The van der Waals surface area contributed by atoms with E-state index in [0.717, 1.165) is 49.0 Å². The van der Waals surface area contributed by atoms with E-state index in [4.69, 9.17) is 19.4 Å². The first-order valence-electron chi connectivity index (χ1n) is 16.9. The van der Waals surface area contributed by atoms with E-state index in [2.05, 4.69) is 126 Å². The van der Waals surface area contributed by atoms with Gasteiger partial charge in [-0.1, -0.05) is 109 Å². The number of rotatable bonds is 4. The van der Waals surface area contributed by atoms with E-state index >= 15 is 0 Å². The van der Waals surface area contributed by atoms with Gasteiger partial charge in [0.25, 0.3) is 0 Å². The highest BCUT2D eigenvalue weighted by molar-refractivity contribution is 7.26. The Morgan fingerprint density at radius 2 is 1.06 bits per heavy atom. The quantitative estimate of drug-likeness (QED) is 0.187. The number of thiophene rings is 1. The Hall–Kier alpha value is -6.63. The van der Waals surface area contributed by atoms with Crippen molar-refractivity contribution in [1.29, 1.82) is 0 Å². The molecule has 11 rings (SSSR count). The van der Waals surface area contributed by atoms with Gasteiger partial charge in [0.1, 0.15) is 11.2 Å². The predicted octanol–water partition coefficient (Wildman–Crippen LogP) is 12.2. The molecule has 0 aliphatic heterocycles. The largest absolute Gasteiger partial charge is 0.455 e. The number of benzene rings is 7. The summed E-state index contributed by atoms with van der Waals surface area (Å²) in [7, 11) is 0. The van der Waals surface area contributed by atoms with Gasteiger partial charge >= 0.3 is 0 Å². The van der Waals surface area contributed by atoms with Crippen LogP contribution < -0.4 is 0 Å². The summed E-state index contributed by atoms with van der Waals surface area (Å²) in [6.07, 6.45) is 0. The highest BCUT2D eigenvalue weighted by Crippen LogP contribution is 2.41. The lowest BCUT2D eigenvalue weighted by Crippen LogP contribution is -2.00. The number of aromatic nitrogens is 4. The lowest BCUT2D eigenvalue weighted by atomic mass is 10.1. The minimum Gasteiger partial charge on any atom is -0.455 e. The molecule has 0 fully saturated rings. The smallest absolute Gasteiger partial charge is 0.167 e. The van der Waals surface area contributed by atoms with E-state index in [1.54, 1.807) is 11.3 Å². The van der Waals surface area contributed by atoms with Gasteiger partial charge in [-0.25, -0.2) is 15.0 Å². The molecule has 0 atom stereocenters. The van der Waals surface area contributed by atoms with Crippen LogP contribution in [0.25, 0.3) is 104 Å². The molecule has 4 heterocycles. The van der Waals surface area contributed by atoms with E-state index in [1.165, 1.54) is 37.3 Å². The standard InChI is InChI=1S/C45H26N4OS/c1-2-12-27(13-3-1)43-46-44(48-45(47-43)35-20-11-18-33-31-16-6-9-23-40(31)51-42(33)35)34-19-10-17-32-36-26-28(24-25-39(36)50-41(32)34)49-37-21-7-4-14-29(37)30-15-5-8-22-38(30)49/h1-26H. The molecule has 0 spiro atoms. The third kappa shape index (κ3) is 4.30. The van der Waals surface area contributed by atoms with E-state index in [0.29, 0.717) is 17.5 Å². The molecule has 0 unspecified atom stereocenters. The number of para-hydroxylation sites is 3. The molecule has 0 N–H and O–H groups in total. The van der Waals surface area contributed by atoms with Gasteiger partial charge in [-0.05, 0) is 48.5 Å². The van der Waals surface area contributed by atoms with Crippen molar-refractivity contribution < 1.29 is 4.42 Å². The molecule has 6 heteroatoms. The first-order chi connectivity index (χ1) is 25.3. The van der Waals surface area contributed by atoms with Gasteiger partial charge in [0.05, 0.1) is 16.6 Å². The maximum absolute atomic E-state index is 6.68. The topological polar surface area (TPSA) is 56.7 Å². The van der Waals surface area contributed by atoms with Crippen LogP contribution in [0.5, 0.6) is 0 Å². The van der Waals surface area contributed by atoms with Gasteiger partial charge in [-0.3, -0.25) is 0 Å². The predicted molar refractivity (Wildman–Crippen MR) is 211 cm³/mol. The maximum Gasteiger partial charge on any atom is 0.167 e. The van der Waals surface area contributed by atoms with Crippen molar-refractivity contribution in [3.05, 3.63) is 158 Å². The van der Waals surface area contributed by atoms with Gasteiger partial charge < -0.3 is 8.98 Å². The average molecular weight is 671 g/mol. The molecule has 238 valence electrons. The van der Waals surface area contributed by atoms with Crippen LogP contribution in [0.4, 0.5) is 0 Å². The molecular formula is C45H26N4OS. The minimum atomic E-state index is 0.573. The summed E-state index contributed by atoms with van der Waals surface area (Å²) >= 11 is 1.77. The number of furan rings is 1. The average Bonchev–Trinajstić information content (AvgIpc) is 3.87. The number of hydrogen-bond donors (Lipinski definition) is 0. The summed E-state index contributed by atoms with van der Waals surface area (Å²) in [6, 6.07) is 54.9. The highest BCUT2D eigenvalue weighted by atomic mass is 32.1. The van der Waals surface area contributed by atoms with Crippen LogP contribution in [-0.4, -0.2) is 19.5 Å². The fourth-order valence-corrected chi connectivity index (χ4v) is 8.77. The van der Waals surface area contributed by atoms with Crippen LogP contribution in [0, 0.1) is 0 Å². The molecule has 0 amide bonds. The van der Waals surface area contributed by atoms with Gasteiger partial charge in [0.2, 0.25) is 0 Å². The zero-order valence-corrected chi connectivity index (χ0v) is 27.9. The second kappa shape index (κ2) is 10.9. The van der Waals surface area contributed by atoms with Crippen LogP contribution >= 0.6 is 11.3 Å². The summed E-state index contributed by atoms with van der Waals surface area (Å²) < 4.78 is 11.4. The zero-order valence-electron chi connectivity index (χ0n) is 27.1. The lowest BCUT2D eigenvalue weighted by Gasteiger charge is -2.09. The van der Waals surface area contributed by atoms with Crippen molar-refractivity contribution in [2.45, 2.75) is 0 Å². The minimum absolute atomic E-state index is 0.573. The van der Waals surface area contributed by atoms with Crippen molar-refractivity contribution in [1.82, 2.24) is 19.5 Å². The fourth-order valence-electron chi connectivity index (χ4n) is 7.56. The third-order valence-electron chi connectivity index (χ3n) is 9.87. The Kier molecular flexibility index (Phi) is 6.05. The Morgan fingerprint density at radius 1 is 0.451 bits per heavy atom. The Balaban J connectivity index is 1.13. The van der Waals surface area contributed by atoms with E-state index in [-0.39, 0.29) is 0 Å². The van der Waals surface area contributed by atoms with Crippen molar-refractivity contribution in [3.63, 3.8) is 0 Å². The highest BCUT2D eigenvalue weighted by Gasteiger charge is 2.20. The summed E-state index contributed by atoms with van der Waals surface area (Å²) in [6.45, 7) is 0. The number of hydrogen-bond acceptors (Lipinski definition) is 5. The molecule has 11 aromatic rings. The Morgan fingerprint density at radius 3 is 1.84 bits per heavy atom. The van der Waals surface area contributed by atoms with E-state index in [9.17, 15) is 0 Å². The molecule has 0 radical (unpaired) electrons. The molecule has 0 aliphatic rings. The zero-order chi connectivity index (χ0) is 33.5. The lowest BCUT2D eigenvalue weighted by molar-refractivity contribution is 0.669. The van der Waals surface area contributed by atoms with Crippen LogP contribution in [0.1, 0.15) is 0 Å². The summed E-state index contributed by atoms with van der Waals surface area (Å²) in [5.74, 6) is 1.83. The molecular weight excluding hydrogens is 645 g/mol. The molecule has 0 saturated carbocycles. The summed E-state index contributed by atoms with van der Waals surface area (Å²) in [4.78, 5) is 15.4. The SMILES string of the molecule is c1ccc(-c2nc(-c3cccc4c3oc3ccc(-n5c6ccccc6c6ccccc65)cc34)nc(-c3cccc4c3sc3ccccc34)n2)cc1. The van der Waals surface area contributed by atoms with Crippen LogP contribution in [0.3, 0.4) is 0 Å². The maximum atomic E-state index is 6.68. The van der Waals surface area contributed by atoms with Gasteiger partial charge in [-0.2, -0.15) is 0 Å². The molecule has 0 saturated heterocycles. The summed E-state index contributed by atoms with van der Waals surface area (Å²) in [5, 5.41) is 6.97. The molecule has 5 nitrogen and oxygen atoms in total. The van der Waals surface area contributed by atoms with Gasteiger partial charge in [0, 0.05) is 58.5 Å². The second-order valence-corrected chi connectivity index (χ2v) is 13.8. The first kappa shape index (κ1) is 28.2. The van der Waals surface area contributed by atoms with E-state index < -0.39 is 0 Å². The monoisotopic (exact) mass is 670 g/mol. The van der Waals surface area contributed by atoms with Gasteiger partial charge in [-0.15, -0.1) is 11.3 Å². The Bertz CT molecular complexity index is 3100. The van der Waals surface area contributed by atoms with Crippen molar-refractivity contribution in [3.8, 4) is 39.9 Å². The van der Waals surface area contributed by atoms with Crippen LogP contribution in [-0.2, 0) is 0 Å². The van der Waals surface area contributed by atoms with Crippen molar-refractivity contribution in [2.24, 2.45) is 0 Å². The molecule has 7 aromatic carbocycles. The van der Waals surface area contributed by atoms with Crippen LogP contribution in [0.15, 0.2) is 162 Å². The van der Waals surface area contributed by atoms with Crippen LogP contribution in [0.2, 0.25) is 0 Å². The fraction of sp³-hybridized carbons (Fsp3) is 0. The Labute approximate surface area is 295 Å². The van der Waals surface area contributed by atoms with Crippen molar-refractivity contribution in [2.75, 3.05) is 0 Å². The second-order valence-electron chi connectivity index (χ2n) is 12.8. The third-order valence-corrected chi connectivity index (χ3v) is 11.1. The molecule has 4 aromatic heterocycles. The number of nitrogens with zero attached hydrogens (tertiary/aromatic N) is 4. The molecule has 51 heavy (non-hydrogen) atoms. The molecule has 0 bridgehead atoms. The van der Waals surface area contributed by atoms with Gasteiger partial charge in [0.15, 0.2) is 17.5 Å². The normalized spacial score (nSPS) is 11.9. The summed E-state index contributed by atoms with van der Waals surface area (Å²) in [5.41, 5.74) is 7.74.